The number of rotatable bonds is 4. The van der Waals surface area contributed by atoms with Crippen molar-refractivity contribution in [2.24, 2.45) is 0 Å². The quantitative estimate of drug-likeness (QED) is 0.799. The summed E-state index contributed by atoms with van der Waals surface area (Å²) in [6.45, 7) is 4.80. The summed E-state index contributed by atoms with van der Waals surface area (Å²) in [5.41, 5.74) is 5.51. The highest BCUT2D eigenvalue weighted by Crippen LogP contribution is 2.10. The average molecular weight is 198 g/mol. The zero-order valence-corrected chi connectivity index (χ0v) is 8.56. The molecule has 0 aliphatic carbocycles. The standard InChI is InChI=1S/C13H14N2/c1-12(13-7-3-2-4-8-13)11-14-15-9-5-6-10-15/h2-10,14H,1,11H2. The van der Waals surface area contributed by atoms with E-state index in [0.717, 1.165) is 12.1 Å². The molecule has 2 rings (SSSR count). The van der Waals surface area contributed by atoms with Gasteiger partial charge >= 0.3 is 0 Å². The molecule has 0 fully saturated rings. The van der Waals surface area contributed by atoms with E-state index in [1.807, 2.05) is 47.4 Å². The molecule has 0 amide bonds. The largest absolute Gasteiger partial charge is 0.322 e. The lowest BCUT2D eigenvalue weighted by Crippen LogP contribution is -2.14. The Morgan fingerprint density at radius 2 is 1.73 bits per heavy atom. The lowest BCUT2D eigenvalue weighted by atomic mass is 10.1. The lowest BCUT2D eigenvalue weighted by molar-refractivity contribution is 0.904. The molecule has 0 unspecified atom stereocenters. The third kappa shape index (κ3) is 2.50. The van der Waals surface area contributed by atoms with Crippen molar-refractivity contribution in [3.05, 3.63) is 67.0 Å². The molecule has 1 aromatic carbocycles. The van der Waals surface area contributed by atoms with Gasteiger partial charge in [0.05, 0.1) is 6.54 Å². The number of aromatic nitrogens is 1. The minimum Gasteiger partial charge on any atom is -0.322 e. The number of nitrogens with zero attached hydrogens (tertiary/aromatic N) is 1. The zero-order valence-electron chi connectivity index (χ0n) is 8.56. The molecule has 2 nitrogen and oxygen atoms in total. The fourth-order valence-electron chi connectivity index (χ4n) is 1.40. The summed E-state index contributed by atoms with van der Waals surface area (Å²) in [6, 6.07) is 14.2. The second-order valence-corrected chi connectivity index (χ2v) is 3.39. The highest BCUT2D eigenvalue weighted by Gasteiger charge is 1.96. The van der Waals surface area contributed by atoms with Crippen molar-refractivity contribution in [3.63, 3.8) is 0 Å². The Morgan fingerprint density at radius 1 is 1.07 bits per heavy atom. The van der Waals surface area contributed by atoms with E-state index < -0.39 is 0 Å². The van der Waals surface area contributed by atoms with Crippen molar-refractivity contribution in [2.75, 3.05) is 12.0 Å². The van der Waals surface area contributed by atoms with Gasteiger partial charge in [0, 0.05) is 12.4 Å². The van der Waals surface area contributed by atoms with Gasteiger partial charge in [-0.1, -0.05) is 36.9 Å². The zero-order chi connectivity index (χ0) is 10.5. The van der Waals surface area contributed by atoms with Crippen LogP contribution in [0, 0.1) is 0 Å². The van der Waals surface area contributed by atoms with Crippen LogP contribution >= 0.6 is 0 Å². The molecular formula is C13H14N2. The minimum atomic E-state index is 0.749. The average Bonchev–Trinajstić information content (AvgIpc) is 2.80. The number of hydrogen-bond acceptors (Lipinski definition) is 1. The Bertz CT molecular complexity index is 415. The summed E-state index contributed by atoms with van der Waals surface area (Å²) in [5, 5.41) is 0. The summed E-state index contributed by atoms with van der Waals surface area (Å²) >= 11 is 0. The normalized spacial score (nSPS) is 9.87. The first-order valence-corrected chi connectivity index (χ1v) is 4.96. The second kappa shape index (κ2) is 4.51. The van der Waals surface area contributed by atoms with E-state index in [1.54, 1.807) is 0 Å². The van der Waals surface area contributed by atoms with E-state index >= 15 is 0 Å². The number of nitrogens with one attached hydrogen (secondary N) is 1. The van der Waals surface area contributed by atoms with E-state index in [9.17, 15) is 0 Å². The summed E-state index contributed by atoms with van der Waals surface area (Å²) < 4.78 is 1.92. The molecule has 2 aromatic rings. The van der Waals surface area contributed by atoms with Crippen molar-refractivity contribution in [3.8, 4) is 0 Å². The van der Waals surface area contributed by atoms with Gasteiger partial charge < -0.3 is 5.43 Å². The first-order chi connectivity index (χ1) is 7.36. The molecule has 0 spiro atoms. The monoisotopic (exact) mass is 198 g/mol. The predicted molar refractivity (Wildman–Crippen MR) is 64.1 cm³/mol. The Labute approximate surface area is 89.8 Å². The summed E-state index contributed by atoms with van der Waals surface area (Å²) in [7, 11) is 0. The lowest BCUT2D eigenvalue weighted by Gasteiger charge is -2.09. The molecule has 0 bridgehead atoms. The first kappa shape index (κ1) is 9.59. The van der Waals surface area contributed by atoms with Crippen molar-refractivity contribution in [1.29, 1.82) is 0 Å². The number of benzene rings is 1. The molecule has 0 aliphatic heterocycles. The molecule has 1 N–H and O–H groups in total. The Hall–Kier alpha value is -1.96. The van der Waals surface area contributed by atoms with E-state index in [-0.39, 0.29) is 0 Å². The van der Waals surface area contributed by atoms with Crippen LogP contribution in [0.4, 0.5) is 0 Å². The van der Waals surface area contributed by atoms with Gasteiger partial charge in [-0.15, -0.1) is 0 Å². The Morgan fingerprint density at radius 3 is 2.40 bits per heavy atom. The Kier molecular flexibility index (Phi) is 2.88. The smallest absolute Gasteiger partial charge is 0.0564 e. The van der Waals surface area contributed by atoms with Crippen LogP contribution in [-0.2, 0) is 0 Å². The van der Waals surface area contributed by atoms with E-state index in [1.165, 1.54) is 5.56 Å². The van der Waals surface area contributed by atoms with E-state index in [4.69, 9.17) is 0 Å². The van der Waals surface area contributed by atoms with Crippen LogP contribution < -0.4 is 5.43 Å². The van der Waals surface area contributed by atoms with Crippen LogP contribution in [-0.4, -0.2) is 11.2 Å². The van der Waals surface area contributed by atoms with Crippen LogP contribution in [0.3, 0.4) is 0 Å². The van der Waals surface area contributed by atoms with Gasteiger partial charge in [-0.25, -0.2) is 0 Å². The maximum atomic E-state index is 4.05. The first-order valence-electron chi connectivity index (χ1n) is 4.96. The molecular weight excluding hydrogens is 184 g/mol. The third-order valence-electron chi connectivity index (χ3n) is 2.26. The van der Waals surface area contributed by atoms with Gasteiger partial charge in [-0.2, -0.15) is 0 Å². The molecule has 0 radical (unpaired) electrons. The highest BCUT2D eigenvalue weighted by molar-refractivity contribution is 5.65. The molecule has 76 valence electrons. The summed E-state index contributed by atoms with van der Waals surface area (Å²) in [5.74, 6) is 0. The predicted octanol–water partition coefficient (Wildman–Crippen LogP) is 2.75. The van der Waals surface area contributed by atoms with Gasteiger partial charge in [0.15, 0.2) is 0 Å². The Balaban J connectivity index is 1.94. The van der Waals surface area contributed by atoms with Gasteiger partial charge in [0.25, 0.3) is 0 Å². The van der Waals surface area contributed by atoms with Crippen LogP contribution in [0.25, 0.3) is 5.57 Å². The van der Waals surface area contributed by atoms with Gasteiger partial charge in [-0.05, 0) is 23.3 Å². The summed E-state index contributed by atoms with van der Waals surface area (Å²) in [6.07, 6.45) is 3.94. The molecule has 0 saturated carbocycles. The van der Waals surface area contributed by atoms with Crippen LogP contribution in [0.15, 0.2) is 61.4 Å². The van der Waals surface area contributed by atoms with Crippen LogP contribution in [0.1, 0.15) is 5.56 Å². The van der Waals surface area contributed by atoms with Crippen molar-refractivity contribution in [1.82, 2.24) is 4.68 Å². The minimum absolute atomic E-state index is 0.749. The third-order valence-corrected chi connectivity index (χ3v) is 2.26. The summed E-state index contributed by atoms with van der Waals surface area (Å²) in [4.78, 5) is 0. The van der Waals surface area contributed by atoms with Crippen molar-refractivity contribution >= 4 is 5.57 Å². The highest BCUT2D eigenvalue weighted by atomic mass is 15.4. The van der Waals surface area contributed by atoms with Crippen molar-refractivity contribution < 1.29 is 0 Å². The van der Waals surface area contributed by atoms with Crippen LogP contribution in [0.5, 0.6) is 0 Å². The van der Waals surface area contributed by atoms with Gasteiger partial charge in [-0.3, -0.25) is 4.68 Å². The molecule has 0 saturated heterocycles. The molecule has 1 heterocycles. The number of hydrogen-bond donors (Lipinski definition) is 1. The van der Waals surface area contributed by atoms with Gasteiger partial charge in [0.2, 0.25) is 0 Å². The fourth-order valence-corrected chi connectivity index (χ4v) is 1.40. The van der Waals surface area contributed by atoms with E-state index in [0.29, 0.717) is 0 Å². The molecule has 15 heavy (non-hydrogen) atoms. The topological polar surface area (TPSA) is 17.0 Å². The molecule has 0 aliphatic rings. The van der Waals surface area contributed by atoms with Crippen molar-refractivity contribution in [2.45, 2.75) is 0 Å². The molecule has 1 aromatic heterocycles. The van der Waals surface area contributed by atoms with E-state index in [2.05, 4.69) is 24.1 Å². The fraction of sp³-hybridized carbons (Fsp3) is 0.0769. The molecule has 2 heteroatoms. The second-order valence-electron chi connectivity index (χ2n) is 3.39. The van der Waals surface area contributed by atoms with Crippen LogP contribution in [0.2, 0.25) is 0 Å². The maximum Gasteiger partial charge on any atom is 0.0564 e. The maximum absolute atomic E-state index is 4.05. The SMILES string of the molecule is C=C(CNn1cccc1)c1ccccc1. The van der Waals surface area contributed by atoms with Gasteiger partial charge in [0.1, 0.15) is 0 Å². The molecule has 0 atom stereocenters.